The largest absolute Gasteiger partial charge is 0.486 e. The van der Waals surface area contributed by atoms with Crippen LogP contribution >= 0.6 is 27.7 Å². The summed E-state index contributed by atoms with van der Waals surface area (Å²) in [5.74, 6) is 2.25. The zero-order valence-corrected chi connectivity index (χ0v) is 13.1. The fraction of sp³-hybridized carbons (Fsp3) is 0.571. The molecule has 98 valence electrons. The van der Waals surface area contributed by atoms with Gasteiger partial charge in [-0.05, 0) is 38.3 Å². The van der Waals surface area contributed by atoms with Gasteiger partial charge in [0, 0.05) is 27.7 Å². The number of rotatable bonds is 1. The van der Waals surface area contributed by atoms with Crippen LogP contribution in [0.1, 0.15) is 31.4 Å². The van der Waals surface area contributed by atoms with Crippen LogP contribution in [0.5, 0.6) is 5.75 Å². The molecule has 18 heavy (non-hydrogen) atoms. The lowest BCUT2D eigenvalue weighted by Crippen LogP contribution is -2.47. The van der Waals surface area contributed by atoms with Gasteiger partial charge in [-0.15, -0.1) is 0 Å². The van der Waals surface area contributed by atoms with Gasteiger partial charge in [-0.25, -0.2) is 0 Å². The molecule has 0 saturated carbocycles. The predicted octanol–water partition coefficient (Wildman–Crippen LogP) is 3.76. The van der Waals surface area contributed by atoms with Gasteiger partial charge < -0.3 is 10.1 Å². The van der Waals surface area contributed by atoms with E-state index < -0.39 is 0 Å². The topological polar surface area (TPSA) is 21.3 Å². The number of hydrogen-bond acceptors (Lipinski definition) is 3. The second kappa shape index (κ2) is 4.73. The molecule has 1 aromatic carbocycles. The molecule has 1 N–H and O–H groups in total. The molecule has 0 aliphatic carbocycles. The highest BCUT2D eigenvalue weighted by Crippen LogP contribution is 2.49. The van der Waals surface area contributed by atoms with E-state index >= 15 is 0 Å². The van der Waals surface area contributed by atoms with Gasteiger partial charge in [-0.1, -0.05) is 22.0 Å². The Balaban J connectivity index is 2.02. The number of ether oxygens (including phenoxy) is 1. The number of halogens is 1. The van der Waals surface area contributed by atoms with E-state index in [9.17, 15) is 0 Å². The van der Waals surface area contributed by atoms with Gasteiger partial charge in [0.05, 0.1) is 0 Å². The van der Waals surface area contributed by atoms with E-state index in [-0.39, 0.29) is 5.60 Å². The summed E-state index contributed by atoms with van der Waals surface area (Å²) in [7, 11) is 2.04. The van der Waals surface area contributed by atoms with Crippen LogP contribution in [0.15, 0.2) is 22.7 Å². The number of fused-ring (bicyclic) bond motifs is 1. The van der Waals surface area contributed by atoms with E-state index in [1.165, 1.54) is 11.3 Å². The van der Waals surface area contributed by atoms with Crippen molar-refractivity contribution in [3.8, 4) is 5.75 Å². The quantitative estimate of drug-likeness (QED) is 0.848. The lowest BCUT2D eigenvalue weighted by molar-refractivity contribution is 0.0364. The molecule has 0 radical (unpaired) electrons. The first kappa shape index (κ1) is 12.8. The number of thioether (sulfide) groups is 1. The van der Waals surface area contributed by atoms with Gasteiger partial charge in [0.2, 0.25) is 0 Å². The van der Waals surface area contributed by atoms with E-state index in [2.05, 4.69) is 46.4 Å². The zero-order valence-electron chi connectivity index (χ0n) is 10.7. The van der Waals surface area contributed by atoms with E-state index in [0.717, 1.165) is 23.1 Å². The third-order valence-corrected chi connectivity index (χ3v) is 6.06. The molecular weight excluding hydrogens is 310 g/mol. The molecule has 1 fully saturated rings. The molecule has 2 nitrogen and oxygen atoms in total. The van der Waals surface area contributed by atoms with Crippen molar-refractivity contribution in [2.24, 2.45) is 0 Å². The summed E-state index contributed by atoms with van der Waals surface area (Å²) >= 11 is 5.57. The van der Waals surface area contributed by atoms with Crippen LogP contribution in [0.2, 0.25) is 0 Å². The maximum Gasteiger partial charge on any atom is 0.126 e. The second-order valence-corrected chi connectivity index (χ2v) is 7.52. The van der Waals surface area contributed by atoms with Crippen molar-refractivity contribution in [2.75, 3.05) is 12.8 Å². The second-order valence-electron chi connectivity index (χ2n) is 5.16. The van der Waals surface area contributed by atoms with Crippen molar-refractivity contribution in [3.05, 3.63) is 28.2 Å². The van der Waals surface area contributed by atoms with Gasteiger partial charge in [-0.3, -0.25) is 0 Å². The highest BCUT2D eigenvalue weighted by molar-refractivity contribution is 9.10. The summed E-state index contributed by atoms with van der Waals surface area (Å²) in [6.45, 7) is 2.30. The molecule has 2 heterocycles. The fourth-order valence-corrected chi connectivity index (χ4v) is 4.75. The summed E-state index contributed by atoms with van der Waals surface area (Å²) < 4.78 is 7.50. The SMILES string of the molecule is CNC1CC2(CCSC2C)Oc2cc(Br)ccc21. The monoisotopic (exact) mass is 327 g/mol. The first-order valence-corrected chi connectivity index (χ1v) is 8.26. The zero-order chi connectivity index (χ0) is 12.8. The minimum atomic E-state index is 0.0200. The Bertz CT molecular complexity index is 467. The fourth-order valence-electron chi connectivity index (χ4n) is 3.02. The molecule has 0 amide bonds. The van der Waals surface area contributed by atoms with Gasteiger partial charge in [0.15, 0.2) is 0 Å². The number of nitrogens with one attached hydrogen (secondary N) is 1. The Kier molecular flexibility index (Phi) is 3.37. The number of benzene rings is 1. The molecule has 0 aromatic heterocycles. The van der Waals surface area contributed by atoms with Crippen LogP contribution in [0.4, 0.5) is 0 Å². The Hall–Kier alpha value is -0.190. The van der Waals surface area contributed by atoms with Crippen LogP contribution in [0, 0.1) is 0 Å². The third kappa shape index (κ3) is 1.98. The normalized spacial score (nSPS) is 34.4. The molecule has 1 spiro atoms. The molecule has 1 aromatic rings. The lowest BCUT2D eigenvalue weighted by atomic mass is 9.83. The van der Waals surface area contributed by atoms with Crippen molar-refractivity contribution >= 4 is 27.7 Å². The van der Waals surface area contributed by atoms with Gasteiger partial charge in [-0.2, -0.15) is 11.8 Å². The molecule has 0 bridgehead atoms. The van der Waals surface area contributed by atoms with Crippen molar-refractivity contribution in [3.63, 3.8) is 0 Å². The molecule has 3 unspecified atom stereocenters. The van der Waals surface area contributed by atoms with Crippen molar-refractivity contribution in [1.82, 2.24) is 5.32 Å². The van der Waals surface area contributed by atoms with E-state index in [4.69, 9.17) is 4.74 Å². The lowest BCUT2D eigenvalue weighted by Gasteiger charge is -2.42. The number of hydrogen-bond donors (Lipinski definition) is 1. The average Bonchev–Trinajstić information content (AvgIpc) is 2.69. The summed E-state index contributed by atoms with van der Waals surface area (Å²) in [4.78, 5) is 0. The van der Waals surface area contributed by atoms with Crippen molar-refractivity contribution in [1.29, 1.82) is 0 Å². The standard InChI is InChI=1S/C14H18BrNOS/c1-9-14(5-6-18-9)8-12(16-2)11-4-3-10(15)7-13(11)17-14/h3-4,7,9,12,16H,5-6,8H2,1-2H3. The van der Waals surface area contributed by atoms with Crippen molar-refractivity contribution in [2.45, 2.75) is 36.7 Å². The summed E-state index contributed by atoms with van der Waals surface area (Å²) in [5, 5.41) is 4.02. The minimum absolute atomic E-state index is 0.0200. The molecular formula is C14H18BrNOS. The highest BCUT2D eigenvalue weighted by Gasteiger charge is 2.48. The van der Waals surface area contributed by atoms with Gasteiger partial charge >= 0.3 is 0 Å². The van der Waals surface area contributed by atoms with Crippen LogP contribution in [-0.2, 0) is 0 Å². The summed E-state index contributed by atoms with van der Waals surface area (Å²) in [6.07, 6.45) is 2.23. The van der Waals surface area contributed by atoms with E-state index in [0.29, 0.717) is 11.3 Å². The smallest absolute Gasteiger partial charge is 0.126 e. The maximum absolute atomic E-state index is 6.41. The average molecular weight is 328 g/mol. The van der Waals surface area contributed by atoms with Crippen LogP contribution in [0.25, 0.3) is 0 Å². The van der Waals surface area contributed by atoms with E-state index in [1.54, 1.807) is 0 Å². The molecule has 3 rings (SSSR count). The molecule has 3 atom stereocenters. The Morgan fingerprint density at radius 2 is 2.33 bits per heavy atom. The third-order valence-electron chi connectivity index (χ3n) is 4.20. The highest BCUT2D eigenvalue weighted by atomic mass is 79.9. The van der Waals surface area contributed by atoms with Crippen LogP contribution < -0.4 is 10.1 Å². The molecule has 1 saturated heterocycles. The Labute approximate surface area is 121 Å². The summed E-state index contributed by atoms with van der Waals surface area (Å²) in [6, 6.07) is 6.77. The van der Waals surface area contributed by atoms with Crippen LogP contribution in [0.3, 0.4) is 0 Å². The predicted molar refractivity (Wildman–Crippen MR) is 80.5 cm³/mol. The molecule has 2 aliphatic heterocycles. The van der Waals surface area contributed by atoms with E-state index in [1.807, 2.05) is 18.8 Å². The Morgan fingerprint density at radius 3 is 3.00 bits per heavy atom. The minimum Gasteiger partial charge on any atom is -0.486 e. The first-order chi connectivity index (χ1) is 8.64. The Morgan fingerprint density at radius 1 is 1.50 bits per heavy atom. The van der Waals surface area contributed by atoms with Gasteiger partial charge in [0.1, 0.15) is 11.4 Å². The maximum atomic E-state index is 6.41. The summed E-state index contributed by atoms with van der Waals surface area (Å²) in [5.41, 5.74) is 1.31. The van der Waals surface area contributed by atoms with Gasteiger partial charge in [0.25, 0.3) is 0 Å². The molecule has 2 aliphatic rings. The van der Waals surface area contributed by atoms with Crippen LogP contribution in [-0.4, -0.2) is 23.7 Å². The molecule has 4 heteroatoms. The first-order valence-electron chi connectivity index (χ1n) is 6.42. The van der Waals surface area contributed by atoms with Crippen molar-refractivity contribution < 1.29 is 4.74 Å².